The zero-order valence-corrected chi connectivity index (χ0v) is 16.9. The van der Waals surface area contributed by atoms with Crippen LogP contribution in [0.1, 0.15) is 30.3 Å². The lowest BCUT2D eigenvalue weighted by Crippen LogP contribution is -3.09. The first-order valence-electron chi connectivity index (χ1n) is 9.32. The van der Waals surface area contributed by atoms with E-state index in [4.69, 9.17) is 14.5 Å². The van der Waals surface area contributed by atoms with Crippen LogP contribution in [0.2, 0.25) is 0 Å². The van der Waals surface area contributed by atoms with Crippen LogP contribution in [0, 0.1) is 0 Å². The number of benzene rings is 1. The molecule has 1 unspecified atom stereocenters. The third kappa shape index (κ3) is 3.59. The van der Waals surface area contributed by atoms with Crippen LogP contribution < -0.4 is 14.4 Å². The standard InChI is InChI=1S/C21H25N3O2S/c1-23-10-4-6-17(23)18-7-5-11-24(18)13-16-14-27-21(22-16)15-8-9-19(25-2)20(12-15)26-3/h4,6,8-10,12,14,18H,5,7,11,13H2,1-3H3/p+1/t18-/m1/s1. The number of methoxy groups -OCH3 is 2. The Morgan fingerprint density at radius 3 is 2.81 bits per heavy atom. The minimum atomic E-state index is 0.566. The predicted octanol–water partition coefficient (Wildman–Crippen LogP) is 3.09. The molecule has 0 amide bonds. The van der Waals surface area contributed by atoms with Crippen LogP contribution in [0.15, 0.2) is 41.9 Å². The molecule has 2 aromatic heterocycles. The smallest absolute Gasteiger partial charge is 0.161 e. The monoisotopic (exact) mass is 384 g/mol. The first kappa shape index (κ1) is 18.1. The van der Waals surface area contributed by atoms with Crippen LogP contribution in [0.3, 0.4) is 0 Å². The fourth-order valence-electron chi connectivity index (χ4n) is 4.04. The fourth-order valence-corrected chi connectivity index (χ4v) is 4.86. The number of aryl methyl sites for hydroxylation is 1. The average Bonchev–Trinajstić information content (AvgIpc) is 3.43. The van der Waals surface area contributed by atoms with Gasteiger partial charge in [-0.1, -0.05) is 0 Å². The van der Waals surface area contributed by atoms with Crippen LogP contribution >= 0.6 is 11.3 Å². The third-order valence-electron chi connectivity index (χ3n) is 5.41. The number of ether oxygens (including phenoxy) is 2. The summed E-state index contributed by atoms with van der Waals surface area (Å²) in [5.41, 5.74) is 3.66. The number of quaternary nitrogens is 1. The second-order valence-corrected chi connectivity index (χ2v) is 7.90. The maximum atomic E-state index is 5.42. The zero-order chi connectivity index (χ0) is 18.8. The lowest BCUT2D eigenvalue weighted by Gasteiger charge is -2.21. The molecule has 1 aliphatic rings. The van der Waals surface area contributed by atoms with Gasteiger partial charge in [-0.25, -0.2) is 4.98 Å². The van der Waals surface area contributed by atoms with Gasteiger partial charge in [0.25, 0.3) is 0 Å². The Kier molecular flexibility index (Phi) is 5.18. The maximum absolute atomic E-state index is 5.42. The Labute approximate surface area is 164 Å². The largest absolute Gasteiger partial charge is 0.493 e. The molecule has 0 spiro atoms. The summed E-state index contributed by atoms with van der Waals surface area (Å²) in [5.74, 6) is 1.48. The Balaban J connectivity index is 1.52. The molecule has 0 radical (unpaired) electrons. The Morgan fingerprint density at radius 1 is 1.22 bits per heavy atom. The van der Waals surface area contributed by atoms with E-state index in [9.17, 15) is 0 Å². The summed E-state index contributed by atoms with van der Waals surface area (Å²) in [6, 6.07) is 10.9. The second kappa shape index (κ2) is 7.74. The van der Waals surface area contributed by atoms with Gasteiger partial charge in [-0.05, 0) is 30.3 Å². The van der Waals surface area contributed by atoms with Gasteiger partial charge in [0.1, 0.15) is 23.3 Å². The zero-order valence-electron chi connectivity index (χ0n) is 16.1. The van der Waals surface area contributed by atoms with E-state index in [1.54, 1.807) is 30.5 Å². The normalized spacial score (nSPS) is 19.4. The number of aromatic nitrogens is 2. The molecule has 1 saturated heterocycles. The van der Waals surface area contributed by atoms with Crippen molar-refractivity contribution in [3.63, 3.8) is 0 Å². The molecule has 0 aliphatic carbocycles. The molecule has 3 aromatic rings. The molecule has 1 aromatic carbocycles. The molecule has 3 heterocycles. The minimum Gasteiger partial charge on any atom is -0.493 e. The molecule has 2 atom stereocenters. The molecule has 1 N–H and O–H groups in total. The van der Waals surface area contributed by atoms with Gasteiger partial charge >= 0.3 is 0 Å². The van der Waals surface area contributed by atoms with E-state index < -0.39 is 0 Å². The molecule has 1 aliphatic heterocycles. The quantitative estimate of drug-likeness (QED) is 0.710. The number of thiazole rings is 1. The van der Waals surface area contributed by atoms with E-state index in [0.29, 0.717) is 6.04 Å². The van der Waals surface area contributed by atoms with Gasteiger partial charge in [0.15, 0.2) is 11.5 Å². The third-order valence-corrected chi connectivity index (χ3v) is 6.36. The van der Waals surface area contributed by atoms with Crippen molar-refractivity contribution in [1.82, 2.24) is 9.55 Å². The van der Waals surface area contributed by atoms with E-state index in [1.807, 2.05) is 18.2 Å². The molecule has 142 valence electrons. The highest BCUT2D eigenvalue weighted by Gasteiger charge is 2.32. The second-order valence-electron chi connectivity index (χ2n) is 7.04. The van der Waals surface area contributed by atoms with E-state index >= 15 is 0 Å². The summed E-state index contributed by atoms with van der Waals surface area (Å²) in [7, 11) is 5.46. The van der Waals surface area contributed by atoms with Crippen molar-refractivity contribution in [2.45, 2.75) is 25.4 Å². The van der Waals surface area contributed by atoms with Gasteiger partial charge < -0.3 is 18.9 Å². The summed E-state index contributed by atoms with van der Waals surface area (Å²) >= 11 is 1.69. The van der Waals surface area contributed by atoms with Crippen molar-refractivity contribution in [2.24, 2.45) is 7.05 Å². The summed E-state index contributed by atoms with van der Waals surface area (Å²) in [6.45, 7) is 2.18. The van der Waals surface area contributed by atoms with Crippen molar-refractivity contribution in [2.75, 3.05) is 20.8 Å². The number of rotatable bonds is 6. The molecule has 1 fully saturated rings. The first-order chi connectivity index (χ1) is 13.2. The van der Waals surface area contributed by atoms with Crippen molar-refractivity contribution in [1.29, 1.82) is 0 Å². The number of hydrogen-bond donors (Lipinski definition) is 1. The van der Waals surface area contributed by atoms with E-state index in [0.717, 1.165) is 28.6 Å². The van der Waals surface area contributed by atoms with Crippen LogP contribution in [0.4, 0.5) is 0 Å². The van der Waals surface area contributed by atoms with Gasteiger partial charge in [-0.15, -0.1) is 11.3 Å². The highest BCUT2D eigenvalue weighted by Crippen LogP contribution is 2.33. The first-order valence-corrected chi connectivity index (χ1v) is 10.2. The molecular formula is C21H26N3O2S+. The molecule has 6 heteroatoms. The van der Waals surface area contributed by atoms with E-state index in [2.05, 4.69) is 35.3 Å². The summed E-state index contributed by atoms with van der Waals surface area (Å²) in [6.07, 6.45) is 4.67. The fraction of sp³-hybridized carbons (Fsp3) is 0.381. The lowest BCUT2D eigenvalue weighted by atomic mass is 10.1. The molecule has 0 bridgehead atoms. The number of nitrogens with zero attached hydrogens (tertiary/aromatic N) is 2. The number of likely N-dealkylation sites (tertiary alicyclic amines) is 1. The highest BCUT2D eigenvalue weighted by molar-refractivity contribution is 7.13. The van der Waals surface area contributed by atoms with Crippen molar-refractivity contribution < 1.29 is 14.4 Å². The predicted molar refractivity (Wildman–Crippen MR) is 108 cm³/mol. The van der Waals surface area contributed by atoms with Crippen LogP contribution in [-0.2, 0) is 13.6 Å². The van der Waals surface area contributed by atoms with Crippen molar-refractivity contribution in [3.8, 4) is 22.1 Å². The van der Waals surface area contributed by atoms with Gasteiger partial charge in [0.05, 0.1) is 26.5 Å². The highest BCUT2D eigenvalue weighted by atomic mass is 32.1. The molecular weight excluding hydrogens is 358 g/mol. The minimum absolute atomic E-state index is 0.566. The summed E-state index contributed by atoms with van der Waals surface area (Å²) in [4.78, 5) is 6.52. The van der Waals surface area contributed by atoms with Gasteiger partial charge in [-0.2, -0.15) is 0 Å². The SMILES string of the molecule is COc1ccc(-c2nc(C[NH+]3CCC[C@@H]3c3cccn3C)cs2)cc1OC. The van der Waals surface area contributed by atoms with Crippen molar-refractivity contribution >= 4 is 11.3 Å². The molecule has 5 nitrogen and oxygen atoms in total. The van der Waals surface area contributed by atoms with E-state index in [1.165, 1.54) is 30.8 Å². The van der Waals surface area contributed by atoms with Crippen LogP contribution in [-0.4, -0.2) is 30.3 Å². The van der Waals surface area contributed by atoms with E-state index in [-0.39, 0.29) is 0 Å². The Hall–Kier alpha value is -2.31. The Morgan fingerprint density at radius 2 is 2.07 bits per heavy atom. The summed E-state index contributed by atoms with van der Waals surface area (Å²) < 4.78 is 13.0. The molecule has 27 heavy (non-hydrogen) atoms. The van der Waals surface area contributed by atoms with Gasteiger partial charge in [0, 0.05) is 37.0 Å². The molecule has 0 saturated carbocycles. The number of nitrogens with one attached hydrogen (secondary N) is 1. The number of hydrogen-bond acceptors (Lipinski definition) is 4. The van der Waals surface area contributed by atoms with Gasteiger partial charge in [0.2, 0.25) is 0 Å². The Bertz CT molecular complexity index is 918. The van der Waals surface area contributed by atoms with Crippen molar-refractivity contribution in [3.05, 3.63) is 53.3 Å². The van der Waals surface area contributed by atoms with Gasteiger partial charge in [-0.3, -0.25) is 0 Å². The van der Waals surface area contributed by atoms with Crippen LogP contribution in [0.25, 0.3) is 10.6 Å². The topological polar surface area (TPSA) is 40.7 Å². The average molecular weight is 385 g/mol. The lowest BCUT2D eigenvalue weighted by molar-refractivity contribution is -0.932. The summed E-state index contributed by atoms with van der Waals surface area (Å²) in [5, 5.41) is 3.22. The van der Waals surface area contributed by atoms with Crippen LogP contribution in [0.5, 0.6) is 11.5 Å². The maximum Gasteiger partial charge on any atom is 0.161 e. The molecule has 4 rings (SSSR count).